The lowest BCUT2D eigenvalue weighted by atomic mass is 9.33. The number of benzene rings is 9. The second-order valence-electron chi connectivity index (χ2n) is 35.2. The summed E-state index contributed by atoms with van der Waals surface area (Å²) in [5.41, 5.74) is 27.2. The van der Waals surface area contributed by atoms with Gasteiger partial charge in [-0.15, -0.1) is 0 Å². The molecule has 91 heavy (non-hydrogen) atoms. The fraction of sp³-hybridized carbons (Fsp3) is 0.368. The summed E-state index contributed by atoms with van der Waals surface area (Å²) in [6.07, 6.45) is 0. The van der Waals surface area contributed by atoms with Crippen LogP contribution in [0.1, 0.15) is 211 Å². The third-order valence-electron chi connectivity index (χ3n) is 19.7. The maximum Gasteiger partial charge on any atom is 0.252 e. The Hall–Kier alpha value is -7.69. The molecule has 0 spiro atoms. The second-order valence-corrected chi connectivity index (χ2v) is 35.2. The Balaban J connectivity index is 1.30. The van der Waals surface area contributed by atoms with E-state index >= 15 is 0 Å². The summed E-state index contributed by atoms with van der Waals surface area (Å²) in [7, 11) is 0. The van der Waals surface area contributed by atoms with Crippen LogP contribution in [0.2, 0.25) is 0 Å². The Morgan fingerprint density at radius 1 is 0.275 bits per heavy atom. The van der Waals surface area contributed by atoms with E-state index in [1.54, 1.807) is 0 Å². The molecule has 4 heteroatoms. The van der Waals surface area contributed by atoms with Gasteiger partial charge in [-0.1, -0.05) is 263 Å². The SMILES string of the molecule is CC(C)(C)c1cc(-c2cc(-c3cc4c5c(c3)N(c3cc(C(C)(C)C)cc(C(C)(C)C)c3)c3c(ccc6ccccc36)B5c3ccc5ccccc5c3N4c3cc(C(C)(C)C)cc(C(C)(C)C)c3)cc(-c3cc(C(C)(C)C)cc(C(C)(C)C)c3)n2)cc(C(C)(C)C)c1. The van der Waals surface area contributed by atoms with E-state index in [9.17, 15) is 0 Å². The molecule has 1 aromatic heterocycles. The number of rotatable bonds is 5. The molecule has 0 aliphatic carbocycles. The van der Waals surface area contributed by atoms with Crippen molar-refractivity contribution in [2.45, 2.75) is 209 Å². The highest BCUT2D eigenvalue weighted by Crippen LogP contribution is 2.52. The van der Waals surface area contributed by atoms with Crippen LogP contribution in [0, 0.1) is 0 Å². The highest BCUT2D eigenvalue weighted by Gasteiger charge is 2.46. The normalized spacial score (nSPS) is 14.1. The van der Waals surface area contributed by atoms with E-state index < -0.39 is 0 Å². The van der Waals surface area contributed by atoms with Crippen molar-refractivity contribution >= 4 is 78.8 Å². The van der Waals surface area contributed by atoms with Crippen LogP contribution >= 0.6 is 0 Å². The van der Waals surface area contributed by atoms with Crippen LogP contribution in [0.15, 0.2) is 170 Å². The maximum atomic E-state index is 5.91. The molecular weight excluding hydrogens is 1100 g/mol. The third-order valence-corrected chi connectivity index (χ3v) is 19.7. The Morgan fingerprint density at radius 3 is 0.846 bits per heavy atom. The number of pyridine rings is 1. The van der Waals surface area contributed by atoms with Crippen molar-refractivity contribution in [1.29, 1.82) is 0 Å². The van der Waals surface area contributed by atoms with E-state index in [1.807, 2.05) is 0 Å². The summed E-state index contributed by atoms with van der Waals surface area (Å²) >= 11 is 0. The quantitative estimate of drug-likeness (QED) is 0.160. The van der Waals surface area contributed by atoms with E-state index in [0.29, 0.717) is 0 Å². The van der Waals surface area contributed by atoms with Gasteiger partial charge in [-0.2, -0.15) is 0 Å². The molecule has 3 nitrogen and oxygen atoms in total. The number of nitrogens with zero attached hydrogens (tertiary/aromatic N) is 3. The summed E-state index contributed by atoms with van der Waals surface area (Å²) in [6.45, 7) is 56.4. The molecule has 466 valence electrons. The minimum Gasteiger partial charge on any atom is -0.311 e. The van der Waals surface area contributed by atoms with Crippen LogP contribution in [0.5, 0.6) is 0 Å². The summed E-state index contributed by atoms with van der Waals surface area (Å²) in [5.74, 6) is 0. The molecule has 2 aliphatic heterocycles. The van der Waals surface area contributed by atoms with Gasteiger partial charge < -0.3 is 9.80 Å². The van der Waals surface area contributed by atoms with Crippen molar-refractivity contribution in [3.8, 4) is 33.6 Å². The minimum absolute atomic E-state index is 0.0983. The van der Waals surface area contributed by atoms with Crippen molar-refractivity contribution in [2.75, 3.05) is 9.80 Å². The van der Waals surface area contributed by atoms with Gasteiger partial charge in [-0.05, 0) is 199 Å². The summed E-state index contributed by atoms with van der Waals surface area (Å²) in [4.78, 5) is 11.3. The Morgan fingerprint density at radius 2 is 0.549 bits per heavy atom. The second kappa shape index (κ2) is 21.4. The standard InChI is InChI=1S/C87H100BN3/c1-80(2,3)59-37-57(38-60(45-59)81(4,5)6)73-41-55(42-74(89-73)58-39-61(82(7,8)9)46-62(40-58)83(10,11)12)56-43-75-77-76(44-56)91(68-51-65(86(19,20)21)48-66(52-68)87(22,23)24)79-70-32-28-26-30-54(70)34-36-72(79)88(77)71-35-33-53-29-25-27-31-69(53)78(71)90(75)67-49-63(84(13,14)15)47-64(50-67)85(16,17)18/h25-52H,1-24H3. The van der Waals surface area contributed by atoms with Crippen LogP contribution in [-0.2, 0) is 43.3 Å². The lowest BCUT2D eigenvalue weighted by molar-refractivity contribution is 0.568. The van der Waals surface area contributed by atoms with Crippen molar-refractivity contribution in [1.82, 2.24) is 4.98 Å². The van der Waals surface area contributed by atoms with Crippen LogP contribution in [0.25, 0.3) is 55.2 Å². The first-order valence-corrected chi connectivity index (χ1v) is 33.6. The Kier molecular flexibility index (Phi) is 15.0. The zero-order valence-corrected chi connectivity index (χ0v) is 59.6. The molecule has 0 unspecified atom stereocenters. The largest absolute Gasteiger partial charge is 0.311 e. The van der Waals surface area contributed by atoms with Crippen LogP contribution in [0.4, 0.5) is 34.1 Å². The zero-order valence-electron chi connectivity index (χ0n) is 59.6. The Bertz CT molecular complexity index is 4140. The minimum atomic E-state index is -0.130. The fourth-order valence-corrected chi connectivity index (χ4v) is 13.7. The summed E-state index contributed by atoms with van der Waals surface area (Å²) in [6, 6.07) is 67.5. The van der Waals surface area contributed by atoms with Crippen LogP contribution < -0.4 is 26.2 Å². The lowest BCUT2D eigenvalue weighted by Crippen LogP contribution is -2.61. The zero-order chi connectivity index (χ0) is 65.8. The fourth-order valence-electron chi connectivity index (χ4n) is 13.7. The molecular formula is C87H100BN3. The summed E-state index contributed by atoms with van der Waals surface area (Å²) in [5, 5.41) is 4.93. The van der Waals surface area contributed by atoms with Gasteiger partial charge >= 0.3 is 0 Å². The predicted octanol–water partition coefficient (Wildman–Crippen LogP) is 22.9. The molecule has 10 aromatic rings. The van der Waals surface area contributed by atoms with Gasteiger partial charge in [0.05, 0.1) is 11.4 Å². The molecule has 12 rings (SSSR count). The van der Waals surface area contributed by atoms with E-state index in [1.165, 1.54) is 117 Å². The highest BCUT2D eigenvalue weighted by atomic mass is 15.2. The monoisotopic (exact) mass is 1200 g/mol. The smallest absolute Gasteiger partial charge is 0.252 e. The number of fused-ring (bicyclic) bond motifs is 8. The van der Waals surface area contributed by atoms with Crippen molar-refractivity contribution in [3.63, 3.8) is 0 Å². The number of hydrogen-bond donors (Lipinski definition) is 0. The van der Waals surface area contributed by atoms with Gasteiger partial charge in [0.15, 0.2) is 0 Å². The van der Waals surface area contributed by atoms with Gasteiger partial charge in [0.25, 0.3) is 6.71 Å². The molecule has 0 bridgehead atoms. The number of hydrogen-bond acceptors (Lipinski definition) is 3. The molecule has 0 amide bonds. The lowest BCUT2D eigenvalue weighted by Gasteiger charge is -2.46. The van der Waals surface area contributed by atoms with Gasteiger partial charge in [-0.3, -0.25) is 0 Å². The van der Waals surface area contributed by atoms with Gasteiger partial charge in [0, 0.05) is 56.0 Å². The average Bonchev–Trinajstić information content (AvgIpc) is 0.690. The Labute approximate surface area is 547 Å². The predicted molar refractivity (Wildman–Crippen MR) is 399 cm³/mol. The first-order chi connectivity index (χ1) is 42.1. The molecule has 0 atom stereocenters. The van der Waals surface area contributed by atoms with Crippen LogP contribution in [-0.4, -0.2) is 11.7 Å². The summed E-state index contributed by atoms with van der Waals surface area (Å²) < 4.78 is 0. The molecule has 0 radical (unpaired) electrons. The molecule has 3 heterocycles. The maximum absolute atomic E-state index is 5.91. The molecule has 0 fully saturated rings. The molecule has 0 saturated carbocycles. The van der Waals surface area contributed by atoms with Gasteiger partial charge in [0.2, 0.25) is 0 Å². The highest BCUT2D eigenvalue weighted by molar-refractivity contribution is 7.00. The van der Waals surface area contributed by atoms with E-state index in [0.717, 1.165) is 33.6 Å². The molecule has 0 saturated heterocycles. The molecule has 9 aromatic carbocycles. The van der Waals surface area contributed by atoms with E-state index in [-0.39, 0.29) is 50.0 Å². The van der Waals surface area contributed by atoms with Gasteiger partial charge in [0.1, 0.15) is 0 Å². The van der Waals surface area contributed by atoms with Crippen molar-refractivity contribution in [2.24, 2.45) is 0 Å². The van der Waals surface area contributed by atoms with Crippen LogP contribution in [0.3, 0.4) is 0 Å². The first kappa shape index (κ1) is 63.5. The van der Waals surface area contributed by atoms with Gasteiger partial charge in [-0.25, -0.2) is 4.98 Å². The number of aromatic nitrogens is 1. The third kappa shape index (κ3) is 11.8. The number of anilines is 6. The topological polar surface area (TPSA) is 19.4 Å². The molecule has 0 N–H and O–H groups in total. The average molecular weight is 1200 g/mol. The van der Waals surface area contributed by atoms with E-state index in [4.69, 9.17) is 4.98 Å². The van der Waals surface area contributed by atoms with Crippen molar-refractivity contribution < 1.29 is 0 Å². The van der Waals surface area contributed by atoms with Crippen molar-refractivity contribution in [3.05, 3.63) is 214 Å². The first-order valence-electron chi connectivity index (χ1n) is 33.6. The van der Waals surface area contributed by atoms with E-state index in [2.05, 4.69) is 346 Å². The molecule has 2 aliphatic rings.